The molecule has 8 nitrogen and oxygen atoms in total. The zero-order chi connectivity index (χ0) is 17.9. The van der Waals surface area contributed by atoms with Gasteiger partial charge in [-0.3, -0.25) is 9.55 Å². The number of imidazole rings is 1. The Morgan fingerprint density at radius 3 is 2.88 bits per heavy atom. The summed E-state index contributed by atoms with van der Waals surface area (Å²) in [7, 11) is 0. The minimum Gasteiger partial charge on any atom is -0.443 e. The summed E-state index contributed by atoms with van der Waals surface area (Å²) in [4.78, 5) is 18.2. The van der Waals surface area contributed by atoms with Gasteiger partial charge >= 0.3 is 11.8 Å². The molecule has 0 bridgehead atoms. The monoisotopic (exact) mass is 352 g/mol. The van der Waals surface area contributed by atoms with Crippen LogP contribution in [0.3, 0.4) is 0 Å². The average Bonchev–Trinajstić information content (AvgIpc) is 3.11. The summed E-state index contributed by atoms with van der Waals surface area (Å²) in [6.45, 7) is 1.19. The summed E-state index contributed by atoms with van der Waals surface area (Å²) >= 11 is 0. The average molecular weight is 352 g/mol. The third-order valence-electron chi connectivity index (χ3n) is 4.20. The molecule has 3 heterocycles. The molecule has 0 N–H and O–H groups in total. The molecule has 0 amide bonds. The molecule has 3 aromatic rings. The molecule has 0 unspecified atom stereocenters. The summed E-state index contributed by atoms with van der Waals surface area (Å²) in [5.74, 6) is -0.219. The molecule has 132 valence electrons. The molecule has 26 heavy (non-hydrogen) atoms. The summed E-state index contributed by atoms with van der Waals surface area (Å²) in [5.41, 5.74) is 3.22. The van der Waals surface area contributed by atoms with Crippen LogP contribution in [0.4, 0.5) is 5.82 Å². The van der Waals surface area contributed by atoms with Gasteiger partial charge in [-0.1, -0.05) is 24.3 Å². The second-order valence-corrected chi connectivity index (χ2v) is 5.93. The fourth-order valence-electron chi connectivity index (χ4n) is 2.93. The predicted molar refractivity (Wildman–Crippen MR) is 92.6 cm³/mol. The summed E-state index contributed by atoms with van der Waals surface area (Å²) in [5, 5.41) is 10.8. The number of benzene rings is 1. The fraction of sp³-hybridized carbons (Fsp3) is 0.222. The van der Waals surface area contributed by atoms with Gasteiger partial charge in [0.1, 0.15) is 18.9 Å². The number of ether oxygens (including phenoxy) is 2. The van der Waals surface area contributed by atoms with Gasteiger partial charge in [0, 0.05) is 17.4 Å². The summed E-state index contributed by atoms with van der Waals surface area (Å²) in [6, 6.07) is 12.2. The van der Waals surface area contributed by atoms with E-state index in [1.54, 1.807) is 17.0 Å². The summed E-state index contributed by atoms with van der Waals surface area (Å²) < 4.78 is 13.1. The molecule has 1 atom stereocenters. The van der Waals surface area contributed by atoms with Crippen LogP contribution >= 0.6 is 0 Å². The van der Waals surface area contributed by atoms with E-state index in [1.807, 2.05) is 36.4 Å². The van der Waals surface area contributed by atoms with Gasteiger partial charge in [0.25, 0.3) is 0 Å². The number of nitro groups is 1. The molecule has 1 aliphatic rings. The van der Waals surface area contributed by atoms with E-state index in [1.165, 1.54) is 6.20 Å². The predicted octanol–water partition coefficient (Wildman–Crippen LogP) is 2.83. The molecule has 2 aromatic heterocycles. The van der Waals surface area contributed by atoms with E-state index >= 15 is 0 Å². The van der Waals surface area contributed by atoms with Crippen molar-refractivity contribution in [3.63, 3.8) is 0 Å². The van der Waals surface area contributed by atoms with E-state index in [-0.39, 0.29) is 17.9 Å². The minimum atomic E-state index is -0.532. The first-order valence-electron chi connectivity index (χ1n) is 8.15. The van der Waals surface area contributed by atoms with Gasteiger partial charge in [0.05, 0.1) is 13.2 Å². The van der Waals surface area contributed by atoms with Crippen LogP contribution in [0.15, 0.2) is 55.0 Å². The van der Waals surface area contributed by atoms with Crippen molar-refractivity contribution >= 4 is 5.82 Å². The molecule has 8 heteroatoms. The number of hydrogen-bond acceptors (Lipinski definition) is 6. The highest BCUT2D eigenvalue weighted by Gasteiger charge is 2.28. The van der Waals surface area contributed by atoms with Crippen molar-refractivity contribution in [1.29, 1.82) is 0 Å². The number of hydrogen-bond donors (Lipinski definition) is 0. The molecule has 0 spiro atoms. The maximum atomic E-state index is 10.8. The third-order valence-corrected chi connectivity index (χ3v) is 4.20. The SMILES string of the molecule is O=[N+]([O-])c1cn2c(n1)OC[C@@H](OCc1ccccc1-c1ccncc1)C2. The van der Waals surface area contributed by atoms with Crippen LogP contribution in [0.5, 0.6) is 6.01 Å². The van der Waals surface area contributed by atoms with Crippen molar-refractivity contribution in [1.82, 2.24) is 14.5 Å². The minimum absolute atomic E-state index is 0.207. The Morgan fingerprint density at radius 1 is 1.27 bits per heavy atom. The molecule has 0 saturated heterocycles. The zero-order valence-electron chi connectivity index (χ0n) is 13.8. The lowest BCUT2D eigenvalue weighted by molar-refractivity contribution is -0.389. The van der Waals surface area contributed by atoms with E-state index in [9.17, 15) is 10.1 Å². The first-order chi connectivity index (χ1) is 12.7. The number of nitrogens with zero attached hydrogens (tertiary/aromatic N) is 4. The molecule has 1 aromatic carbocycles. The van der Waals surface area contributed by atoms with Crippen molar-refractivity contribution in [2.75, 3.05) is 6.61 Å². The largest absolute Gasteiger partial charge is 0.443 e. The van der Waals surface area contributed by atoms with Crippen LogP contribution in [-0.4, -0.2) is 32.2 Å². The highest BCUT2D eigenvalue weighted by Crippen LogP contribution is 2.26. The Labute approximate surface area is 149 Å². The van der Waals surface area contributed by atoms with Crippen molar-refractivity contribution in [3.8, 4) is 17.1 Å². The van der Waals surface area contributed by atoms with Gasteiger partial charge in [-0.15, -0.1) is 0 Å². The van der Waals surface area contributed by atoms with Crippen LogP contribution in [0.1, 0.15) is 5.56 Å². The third kappa shape index (κ3) is 3.27. The number of aromatic nitrogens is 3. The van der Waals surface area contributed by atoms with Gasteiger partial charge in [0.2, 0.25) is 0 Å². The zero-order valence-corrected chi connectivity index (χ0v) is 13.8. The number of fused-ring (bicyclic) bond motifs is 1. The normalized spacial score (nSPS) is 15.9. The van der Waals surface area contributed by atoms with Crippen molar-refractivity contribution in [2.24, 2.45) is 0 Å². The van der Waals surface area contributed by atoms with E-state index in [0.29, 0.717) is 19.8 Å². The Kier molecular flexibility index (Phi) is 4.32. The van der Waals surface area contributed by atoms with Crippen LogP contribution in [-0.2, 0) is 17.9 Å². The van der Waals surface area contributed by atoms with Crippen molar-refractivity contribution in [2.45, 2.75) is 19.3 Å². The first kappa shape index (κ1) is 16.2. The maximum Gasteiger partial charge on any atom is 0.414 e. The Hall–Kier alpha value is -3.26. The Morgan fingerprint density at radius 2 is 2.08 bits per heavy atom. The van der Waals surface area contributed by atoms with E-state index < -0.39 is 4.92 Å². The highest BCUT2D eigenvalue weighted by molar-refractivity contribution is 5.66. The lowest BCUT2D eigenvalue weighted by Gasteiger charge is -2.23. The molecule has 0 aliphatic carbocycles. The quantitative estimate of drug-likeness (QED) is 0.518. The molecule has 1 aliphatic heterocycles. The van der Waals surface area contributed by atoms with Crippen LogP contribution < -0.4 is 4.74 Å². The van der Waals surface area contributed by atoms with Gasteiger partial charge in [-0.05, 0) is 33.7 Å². The molecule has 0 radical (unpaired) electrons. The topological polar surface area (TPSA) is 92.3 Å². The lowest BCUT2D eigenvalue weighted by Crippen LogP contribution is -2.32. The Balaban J connectivity index is 1.46. The molecular weight excluding hydrogens is 336 g/mol. The standard InChI is InChI=1S/C18H16N4O4/c23-22(24)17-10-21-9-15(12-26-18(21)20-17)25-11-14-3-1-2-4-16(14)13-5-7-19-8-6-13/h1-8,10,15H,9,11-12H2/t15-/m0/s1. The molecular formula is C18H16N4O4. The second kappa shape index (κ2) is 6.93. The fourth-order valence-corrected chi connectivity index (χ4v) is 2.93. The van der Waals surface area contributed by atoms with Crippen molar-refractivity contribution in [3.05, 3.63) is 70.7 Å². The smallest absolute Gasteiger partial charge is 0.414 e. The highest BCUT2D eigenvalue weighted by atomic mass is 16.6. The van der Waals surface area contributed by atoms with Crippen LogP contribution in [0.25, 0.3) is 11.1 Å². The molecule has 0 fully saturated rings. The van der Waals surface area contributed by atoms with E-state index in [0.717, 1.165) is 16.7 Å². The van der Waals surface area contributed by atoms with Gasteiger partial charge < -0.3 is 19.6 Å². The van der Waals surface area contributed by atoms with E-state index in [4.69, 9.17) is 9.47 Å². The number of rotatable bonds is 5. The molecule has 4 rings (SSSR count). The number of pyridine rings is 1. The van der Waals surface area contributed by atoms with Gasteiger partial charge in [-0.25, -0.2) is 0 Å². The second-order valence-electron chi connectivity index (χ2n) is 5.93. The Bertz CT molecular complexity index is 926. The van der Waals surface area contributed by atoms with Gasteiger partial charge in [0.15, 0.2) is 0 Å². The maximum absolute atomic E-state index is 10.8. The van der Waals surface area contributed by atoms with Crippen LogP contribution in [0.2, 0.25) is 0 Å². The first-order valence-corrected chi connectivity index (χ1v) is 8.15. The van der Waals surface area contributed by atoms with Gasteiger partial charge in [-0.2, -0.15) is 0 Å². The summed E-state index contributed by atoms with van der Waals surface area (Å²) in [6.07, 6.45) is 4.68. The van der Waals surface area contributed by atoms with Crippen LogP contribution in [0, 0.1) is 10.1 Å². The van der Waals surface area contributed by atoms with Crippen molar-refractivity contribution < 1.29 is 14.4 Å². The lowest BCUT2D eigenvalue weighted by atomic mass is 10.0. The van der Waals surface area contributed by atoms with E-state index in [2.05, 4.69) is 9.97 Å². The molecule has 0 saturated carbocycles.